The first-order valence-electron chi connectivity index (χ1n) is 8.65. The molecule has 1 aromatic carbocycles. The molecule has 2 bridgehead atoms. The van der Waals surface area contributed by atoms with Gasteiger partial charge in [-0.05, 0) is 49.7 Å². The van der Waals surface area contributed by atoms with Crippen LogP contribution in [0.5, 0.6) is 0 Å². The second kappa shape index (κ2) is 6.44. The molecule has 0 aliphatic carbocycles. The minimum absolute atomic E-state index is 0.0344. The number of carbonyl (C=O) groups excluding carboxylic acids is 1. The average Bonchev–Trinajstić information content (AvgIpc) is 2.87. The van der Waals surface area contributed by atoms with Crippen LogP contribution in [-0.4, -0.2) is 23.7 Å². The van der Waals surface area contributed by atoms with Crippen molar-refractivity contribution in [2.75, 3.05) is 5.75 Å². The van der Waals surface area contributed by atoms with E-state index in [0.29, 0.717) is 29.3 Å². The number of benzene rings is 1. The zero-order valence-electron chi connectivity index (χ0n) is 13.2. The van der Waals surface area contributed by atoms with Crippen molar-refractivity contribution in [2.24, 2.45) is 5.92 Å². The molecule has 2 N–H and O–H groups in total. The molecule has 3 atom stereocenters. The third-order valence-corrected chi connectivity index (χ3v) is 6.56. The predicted molar refractivity (Wildman–Crippen MR) is 89.9 cm³/mol. The van der Waals surface area contributed by atoms with Gasteiger partial charge in [-0.1, -0.05) is 12.1 Å². The Morgan fingerprint density at radius 3 is 2.83 bits per heavy atom. The van der Waals surface area contributed by atoms with Crippen molar-refractivity contribution in [2.45, 2.75) is 61.5 Å². The van der Waals surface area contributed by atoms with E-state index in [0.717, 1.165) is 30.6 Å². The summed E-state index contributed by atoms with van der Waals surface area (Å²) in [6, 6.07) is 6.39. The van der Waals surface area contributed by atoms with E-state index in [1.165, 1.54) is 18.9 Å². The molecular weight excluding hydrogens is 311 g/mol. The molecule has 2 saturated heterocycles. The largest absolute Gasteiger partial charge is 0.349 e. The number of piperidine rings is 1. The lowest BCUT2D eigenvalue weighted by Gasteiger charge is -2.30. The first-order valence-corrected chi connectivity index (χ1v) is 9.64. The van der Waals surface area contributed by atoms with Gasteiger partial charge < -0.3 is 10.6 Å². The molecular formula is C18H23FN2OS. The topological polar surface area (TPSA) is 41.1 Å². The highest BCUT2D eigenvalue weighted by molar-refractivity contribution is 7.99. The van der Waals surface area contributed by atoms with Crippen molar-refractivity contribution in [1.29, 1.82) is 0 Å². The quantitative estimate of drug-likeness (QED) is 0.890. The Morgan fingerprint density at radius 2 is 2.04 bits per heavy atom. The number of thioether (sulfide) groups is 1. The van der Waals surface area contributed by atoms with E-state index in [1.54, 1.807) is 17.8 Å². The van der Waals surface area contributed by atoms with Gasteiger partial charge in [-0.15, -0.1) is 11.8 Å². The van der Waals surface area contributed by atoms with E-state index in [2.05, 4.69) is 10.6 Å². The Labute approximate surface area is 140 Å². The lowest BCUT2D eigenvalue weighted by Crippen LogP contribution is -2.40. The van der Waals surface area contributed by atoms with Gasteiger partial charge >= 0.3 is 0 Å². The minimum atomic E-state index is -0.165. The molecule has 1 aromatic rings. The van der Waals surface area contributed by atoms with Crippen LogP contribution in [0, 0.1) is 11.7 Å². The summed E-state index contributed by atoms with van der Waals surface area (Å²) in [5.41, 5.74) is 0.944. The zero-order valence-corrected chi connectivity index (χ0v) is 14.0. The average molecular weight is 334 g/mol. The highest BCUT2D eigenvalue weighted by Gasteiger charge is 2.34. The van der Waals surface area contributed by atoms with E-state index in [4.69, 9.17) is 0 Å². The van der Waals surface area contributed by atoms with Gasteiger partial charge in [0.1, 0.15) is 5.82 Å². The first kappa shape index (κ1) is 15.5. The fraction of sp³-hybridized carbons (Fsp3) is 0.611. The van der Waals surface area contributed by atoms with E-state index in [9.17, 15) is 9.18 Å². The Kier molecular flexibility index (Phi) is 4.33. The third kappa shape index (κ3) is 3.26. The van der Waals surface area contributed by atoms with Crippen molar-refractivity contribution in [3.05, 3.63) is 29.6 Å². The lowest BCUT2D eigenvalue weighted by molar-refractivity contribution is -0.123. The number of nitrogens with one attached hydrogen (secondary N) is 2. The third-order valence-electron chi connectivity index (χ3n) is 5.41. The van der Waals surface area contributed by atoms with Gasteiger partial charge in [-0.2, -0.15) is 0 Å². The molecule has 1 amide bonds. The molecule has 3 aliphatic rings. The Hall–Kier alpha value is -1.07. The van der Waals surface area contributed by atoms with Gasteiger partial charge in [-0.25, -0.2) is 4.39 Å². The molecule has 3 heterocycles. The molecule has 3 nitrogen and oxygen atoms in total. The molecule has 124 valence electrons. The molecule has 0 aromatic heterocycles. The highest BCUT2D eigenvalue weighted by atomic mass is 32.2. The monoisotopic (exact) mass is 334 g/mol. The zero-order chi connectivity index (χ0) is 15.8. The maximum atomic E-state index is 13.9. The number of hydrogen-bond donors (Lipinski definition) is 2. The van der Waals surface area contributed by atoms with Crippen LogP contribution in [0.25, 0.3) is 0 Å². The number of fused-ring (bicyclic) bond motifs is 3. The van der Waals surface area contributed by atoms with Crippen LogP contribution in [0.2, 0.25) is 0 Å². The minimum Gasteiger partial charge on any atom is -0.349 e. The number of amides is 1. The smallest absolute Gasteiger partial charge is 0.220 e. The maximum Gasteiger partial charge on any atom is 0.220 e. The molecule has 0 saturated carbocycles. The van der Waals surface area contributed by atoms with E-state index >= 15 is 0 Å². The highest BCUT2D eigenvalue weighted by Crippen LogP contribution is 2.38. The van der Waals surface area contributed by atoms with Crippen LogP contribution >= 0.6 is 11.8 Å². The van der Waals surface area contributed by atoms with Crippen LogP contribution in [0.1, 0.15) is 50.1 Å². The van der Waals surface area contributed by atoms with Crippen molar-refractivity contribution >= 4 is 17.7 Å². The second-order valence-electron chi connectivity index (χ2n) is 7.09. The summed E-state index contributed by atoms with van der Waals surface area (Å²) < 4.78 is 13.9. The van der Waals surface area contributed by atoms with E-state index < -0.39 is 0 Å². The Balaban J connectivity index is 1.39. The van der Waals surface area contributed by atoms with Crippen molar-refractivity contribution in [3.8, 4) is 0 Å². The van der Waals surface area contributed by atoms with E-state index in [1.807, 2.05) is 6.07 Å². The molecule has 5 heteroatoms. The SMILES string of the molecule is O=C(CC1CC2CCC(C1)N2)NC1CCSc2c(F)cccc21. The molecule has 0 radical (unpaired) electrons. The number of rotatable bonds is 3. The molecule has 2 fully saturated rings. The molecule has 0 spiro atoms. The van der Waals surface area contributed by atoms with Gasteiger partial charge in [0.25, 0.3) is 0 Å². The summed E-state index contributed by atoms with van der Waals surface area (Å²) in [6.07, 6.45) is 6.25. The number of halogens is 1. The van der Waals surface area contributed by atoms with Crippen molar-refractivity contribution < 1.29 is 9.18 Å². The summed E-state index contributed by atoms with van der Waals surface area (Å²) in [5.74, 6) is 1.32. The van der Waals surface area contributed by atoms with Crippen LogP contribution < -0.4 is 10.6 Å². The van der Waals surface area contributed by atoms with Crippen LogP contribution in [0.3, 0.4) is 0 Å². The fourth-order valence-electron chi connectivity index (χ4n) is 4.39. The summed E-state index contributed by atoms with van der Waals surface area (Å²) in [7, 11) is 0. The number of carbonyl (C=O) groups is 1. The van der Waals surface area contributed by atoms with Crippen LogP contribution in [0.4, 0.5) is 4.39 Å². The lowest BCUT2D eigenvalue weighted by atomic mass is 9.89. The Bertz CT molecular complexity index is 597. The Morgan fingerprint density at radius 1 is 1.26 bits per heavy atom. The number of hydrogen-bond acceptors (Lipinski definition) is 3. The summed E-state index contributed by atoms with van der Waals surface area (Å²) in [5, 5.41) is 6.78. The van der Waals surface area contributed by atoms with Gasteiger partial charge in [0.05, 0.1) is 6.04 Å². The first-order chi connectivity index (χ1) is 11.2. The van der Waals surface area contributed by atoms with Gasteiger partial charge in [0.2, 0.25) is 5.91 Å². The van der Waals surface area contributed by atoms with Gasteiger partial charge in [0, 0.05) is 29.2 Å². The maximum absolute atomic E-state index is 13.9. The molecule has 23 heavy (non-hydrogen) atoms. The molecule has 4 rings (SSSR count). The summed E-state index contributed by atoms with van der Waals surface area (Å²) in [6.45, 7) is 0. The molecule has 3 unspecified atom stereocenters. The molecule has 3 aliphatic heterocycles. The van der Waals surface area contributed by atoms with Gasteiger partial charge in [0.15, 0.2) is 0 Å². The van der Waals surface area contributed by atoms with Crippen LogP contribution in [-0.2, 0) is 4.79 Å². The second-order valence-corrected chi connectivity index (χ2v) is 8.20. The van der Waals surface area contributed by atoms with Crippen molar-refractivity contribution in [1.82, 2.24) is 10.6 Å². The van der Waals surface area contributed by atoms with Gasteiger partial charge in [-0.3, -0.25) is 4.79 Å². The van der Waals surface area contributed by atoms with E-state index in [-0.39, 0.29) is 17.8 Å². The normalized spacial score (nSPS) is 32.4. The fourth-order valence-corrected chi connectivity index (χ4v) is 5.53. The van der Waals surface area contributed by atoms with Crippen molar-refractivity contribution in [3.63, 3.8) is 0 Å². The standard InChI is InChI=1S/C18H23FN2OS/c19-15-3-1-2-14-16(6-7-23-18(14)15)21-17(22)10-11-8-12-4-5-13(9-11)20-12/h1-3,11-13,16,20H,4-10H2,(H,21,22). The summed E-state index contributed by atoms with van der Waals surface area (Å²) >= 11 is 1.56. The van der Waals surface area contributed by atoms with Crippen LogP contribution in [0.15, 0.2) is 23.1 Å². The predicted octanol–water partition coefficient (Wildman–Crippen LogP) is 3.40. The summed E-state index contributed by atoms with van der Waals surface area (Å²) in [4.78, 5) is 13.2.